The van der Waals surface area contributed by atoms with Crippen molar-refractivity contribution in [2.24, 2.45) is 5.92 Å². The van der Waals surface area contributed by atoms with Gasteiger partial charge in [-0.15, -0.1) is 0 Å². The molecule has 1 N–H and O–H groups in total. The molecule has 3 aromatic rings. The molecule has 2 fully saturated rings. The normalized spacial score (nSPS) is 25.9. The van der Waals surface area contributed by atoms with Crippen LogP contribution in [0.1, 0.15) is 6.42 Å². The molecule has 0 amide bonds. The van der Waals surface area contributed by atoms with E-state index in [9.17, 15) is 10.0 Å². The highest BCUT2D eigenvalue weighted by Crippen LogP contribution is 2.37. The van der Waals surface area contributed by atoms with Crippen molar-refractivity contribution in [1.29, 1.82) is 0 Å². The fourth-order valence-corrected chi connectivity index (χ4v) is 4.87. The molecule has 1 unspecified atom stereocenters. The molecule has 2 aliphatic heterocycles. The molecule has 1 aromatic heterocycles. The number of hydrogen-bond acceptors (Lipinski definition) is 4. The molecule has 0 spiro atoms. The van der Waals surface area contributed by atoms with Crippen LogP contribution in [-0.4, -0.2) is 52.4 Å². The summed E-state index contributed by atoms with van der Waals surface area (Å²) >= 11 is 0. The van der Waals surface area contributed by atoms with E-state index in [1.54, 1.807) is 12.3 Å². The van der Waals surface area contributed by atoms with E-state index in [1.165, 1.54) is 16.4 Å². The van der Waals surface area contributed by atoms with Crippen LogP contribution >= 0.6 is 0 Å². The van der Waals surface area contributed by atoms with Gasteiger partial charge in [-0.2, -0.15) is 14.4 Å². The van der Waals surface area contributed by atoms with Crippen LogP contribution in [0.5, 0.6) is 0 Å². The van der Waals surface area contributed by atoms with Gasteiger partial charge in [0.2, 0.25) is 0 Å². The van der Waals surface area contributed by atoms with Crippen LogP contribution in [0.15, 0.2) is 71.7 Å². The van der Waals surface area contributed by atoms with Gasteiger partial charge in [-0.05, 0) is 47.9 Å². The lowest BCUT2D eigenvalue weighted by Crippen LogP contribution is -2.42. The van der Waals surface area contributed by atoms with Gasteiger partial charge in [0.1, 0.15) is 13.1 Å². The summed E-state index contributed by atoms with van der Waals surface area (Å²) in [6.45, 7) is 2.70. The lowest BCUT2D eigenvalue weighted by molar-refractivity contribution is -1.08. The molecule has 0 radical (unpaired) electrons. The van der Waals surface area contributed by atoms with Crippen molar-refractivity contribution < 1.29 is 9.85 Å². The fourth-order valence-electron chi connectivity index (χ4n) is 4.87. The number of quaternary nitrogens is 1. The Morgan fingerprint density at radius 3 is 2.28 bits per heavy atom. The van der Waals surface area contributed by atoms with E-state index in [2.05, 4.69) is 34.3 Å². The van der Waals surface area contributed by atoms with E-state index in [0.717, 1.165) is 42.9 Å². The Bertz CT molecular complexity index is 1070. The number of likely N-dealkylation sites (tertiary alicyclic amines) is 1. The van der Waals surface area contributed by atoms with E-state index in [4.69, 9.17) is 0 Å². The maximum absolute atomic E-state index is 11.9. The minimum absolute atomic E-state index is 0.135. The zero-order valence-electron chi connectivity index (χ0n) is 16.5. The Hall–Kier alpha value is -2.96. The molecule has 148 valence electrons. The first-order valence-electron chi connectivity index (χ1n) is 10.1. The molecule has 0 saturated carbocycles. The summed E-state index contributed by atoms with van der Waals surface area (Å²) in [7, 11) is 1.91. The van der Waals surface area contributed by atoms with Crippen molar-refractivity contribution in [3.63, 3.8) is 0 Å². The largest absolute Gasteiger partial charge is 0.362 e. The van der Waals surface area contributed by atoms with Crippen LogP contribution < -0.4 is 10.5 Å². The molecular formula is C23H25N4O2+. The number of hydroxylamine groups is 3. The van der Waals surface area contributed by atoms with Crippen molar-refractivity contribution in [2.75, 3.05) is 31.6 Å². The summed E-state index contributed by atoms with van der Waals surface area (Å²) in [6.07, 6.45) is 2.76. The number of rotatable bonds is 3. The van der Waals surface area contributed by atoms with Gasteiger partial charge < -0.3 is 4.90 Å². The first-order chi connectivity index (χ1) is 14.0. The van der Waals surface area contributed by atoms with Gasteiger partial charge in [0.25, 0.3) is 5.56 Å². The van der Waals surface area contributed by atoms with Gasteiger partial charge in [-0.1, -0.05) is 24.3 Å². The van der Waals surface area contributed by atoms with Gasteiger partial charge in [0.15, 0.2) is 0 Å². The number of aromatic nitrogens is 2. The van der Waals surface area contributed by atoms with Crippen LogP contribution in [-0.2, 0) is 0 Å². The maximum Gasteiger partial charge on any atom is 0.271 e. The summed E-state index contributed by atoms with van der Waals surface area (Å²) in [6, 6.07) is 20.1. The predicted molar refractivity (Wildman–Crippen MR) is 112 cm³/mol. The average molecular weight is 389 g/mol. The summed E-state index contributed by atoms with van der Waals surface area (Å²) in [5.74, 6) is 0.576. The smallest absolute Gasteiger partial charge is 0.271 e. The van der Waals surface area contributed by atoms with Crippen molar-refractivity contribution >= 4 is 5.69 Å². The van der Waals surface area contributed by atoms with Gasteiger partial charge in [0.05, 0.1) is 18.8 Å². The lowest BCUT2D eigenvalue weighted by Gasteiger charge is -2.27. The molecule has 6 heteroatoms. The summed E-state index contributed by atoms with van der Waals surface area (Å²) in [4.78, 5) is 14.4. The van der Waals surface area contributed by atoms with E-state index in [1.807, 2.05) is 31.3 Å². The number of anilines is 1. The molecule has 3 heterocycles. The molecular weight excluding hydrogens is 364 g/mol. The number of nitrogens with zero attached hydrogens (tertiary/aromatic N) is 4. The molecule has 0 aliphatic carbocycles. The van der Waals surface area contributed by atoms with E-state index in [0.29, 0.717) is 12.0 Å². The molecule has 5 rings (SSSR count). The second-order valence-electron chi connectivity index (χ2n) is 8.38. The van der Waals surface area contributed by atoms with Crippen molar-refractivity contribution in [1.82, 2.24) is 9.78 Å². The minimum atomic E-state index is -0.141. The maximum atomic E-state index is 11.9. The van der Waals surface area contributed by atoms with Crippen LogP contribution in [0.3, 0.4) is 0 Å². The Balaban J connectivity index is 1.36. The second-order valence-corrected chi connectivity index (χ2v) is 8.38. The van der Waals surface area contributed by atoms with Crippen molar-refractivity contribution in [3.05, 3.63) is 77.2 Å². The standard InChI is InChI=1S/C23H25N4O2/c1-27(29)15-19-12-14-25(22(19)16-27)20-8-4-17(5-9-20)18-6-10-21(11-7-18)26-23(28)3-2-13-24-26/h2-11,13,19,22,29H,12,14-16H2,1H3/q+1/t19-,22+,27?/m1/s1. The van der Waals surface area contributed by atoms with Gasteiger partial charge in [-0.3, -0.25) is 4.79 Å². The van der Waals surface area contributed by atoms with Crippen LogP contribution in [0.4, 0.5) is 5.69 Å². The first-order valence-corrected chi connectivity index (χ1v) is 10.1. The Labute approximate surface area is 169 Å². The topological polar surface area (TPSA) is 58.4 Å². The van der Waals surface area contributed by atoms with E-state index >= 15 is 0 Å². The zero-order valence-corrected chi connectivity index (χ0v) is 16.5. The number of fused-ring (bicyclic) bond motifs is 1. The fraction of sp³-hybridized carbons (Fsp3) is 0.304. The summed E-state index contributed by atoms with van der Waals surface area (Å²) in [5.41, 5.74) is 4.07. The molecule has 6 nitrogen and oxygen atoms in total. The third kappa shape index (κ3) is 3.34. The van der Waals surface area contributed by atoms with E-state index < -0.39 is 0 Å². The average Bonchev–Trinajstić information content (AvgIpc) is 3.24. The minimum Gasteiger partial charge on any atom is -0.362 e. The van der Waals surface area contributed by atoms with Gasteiger partial charge >= 0.3 is 0 Å². The molecule has 0 bridgehead atoms. The van der Waals surface area contributed by atoms with Crippen molar-refractivity contribution in [2.45, 2.75) is 12.5 Å². The Morgan fingerprint density at radius 2 is 1.62 bits per heavy atom. The summed E-state index contributed by atoms with van der Waals surface area (Å²) in [5, 5.41) is 14.5. The SMILES string of the molecule is C[N+]1(O)C[C@H]2CCN(c3ccc(-c4ccc(-n5ncccc5=O)cc4)cc3)[C@H]2C1. The van der Waals surface area contributed by atoms with Crippen LogP contribution in [0, 0.1) is 5.92 Å². The highest BCUT2D eigenvalue weighted by molar-refractivity contribution is 5.67. The molecule has 2 saturated heterocycles. The second kappa shape index (κ2) is 6.83. The monoisotopic (exact) mass is 389 g/mol. The van der Waals surface area contributed by atoms with Crippen LogP contribution in [0.2, 0.25) is 0 Å². The highest BCUT2D eigenvalue weighted by Gasteiger charge is 2.49. The lowest BCUT2D eigenvalue weighted by atomic mass is 10.0. The van der Waals surface area contributed by atoms with Crippen LogP contribution in [0.25, 0.3) is 16.8 Å². The van der Waals surface area contributed by atoms with Gasteiger partial charge in [-0.25, -0.2) is 5.21 Å². The Kier molecular flexibility index (Phi) is 4.26. The quantitative estimate of drug-likeness (QED) is 0.700. The summed E-state index contributed by atoms with van der Waals surface area (Å²) < 4.78 is 1.53. The zero-order chi connectivity index (χ0) is 20.0. The molecule has 3 atom stereocenters. The number of benzene rings is 2. The van der Waals surface area contributed by atoms with Gasteiger partial charge in [0, 0.05) is 30.4 Å². The highest BCUT2D eigenvalue weighted by atomic mass is 16.5. The number of hydrogen-bond donors (Lipinski definition) is 1. The van der Waals surface area contributed by atoms with E-state index in [-0.39, 0.29) is 10.2 Å². The Morgan fingerprint density at radius 1 is 0.966 bits per heavy atom. The van der Waals surface area contributed by atoms with Crippen molar-refractivity contribution in [3.8, 4) is 16.8 Å². The third-order valence-corrected chi connectivity index (χ3v) is 6.25. The predicted octanol–water partition coefficient (Wildman–Crippen LogP) is 2.94. The molecule has 29 heavy (non-hydrogen) atoms. The molecule has 2 aromatic carbocycles. The first kappa shape index (κ1) is 18.1. The molecule has 2 aliphatic rings. The number of likely N-dealkylation sites (N-methyl/N-ethyl adjacent to an activating group) is 1. The third-order valence-electron chi connectivity index (χ3n) is 6.25.